The van der Waals surface area contributed by atoms with Gasteiger partial charge in [-0.2, -0.15) is 10.5 Å². The SMILES string of the molecule is N#Cc1ccc(-c2ccc(-c3sccc3C(N)=O)cc2)c(C#N)c1. The van der Waals surface area contributed by atoms with Gasteiger partial charge in [0.2, 0.25) is 5.91 Å². The second-order valence-corrected chi connectivity index (χ2v) is 6.01. The lowest BCUT2D eigenvalue weighted by atomic mass is 9.97. The second kappa shape index (κ2) is 6.37. The number of primary amides is 1. The monoisotopic (exact) mass is 329 g/mol. The van der Waals surface area contributed by atoms with Gasteiger partial charge in [0.25, 0.3) is 0 Å². The minimum atomic E-state index is -0.450. The van der Waals surface area contributed by atoms with Gasteiger partial charge in [0.1, 0.15) is 0 Å². The Kier molecular flexibility index (Phi) is 4.11. The van der Waals surface area contributed by atoms with Crippen LogP contribution >= 0.6 is 11.3 Å². The molecule has 5 heteroatoms. The molecule has 0 spiro atoms. The second-order valence-electron chi connectivity index (χ2n) is 5.09. The number of carbonyl (C=O) groups is 1. The molecule has 24 heavy (non-hydrogen) atoms. The van der Waals surface area contributed by atoms with E-state index in [1.165, 1.54) is 11.3 Å². The molecule has 1 heterocycles. The van der Waals surface area contributed by atoms with Gasteiger partial charge in [-0.1, -0.05) is 30.3 Å². The van der Waals surface area contributed by atoms with Crippen LogP contribution in [0.15, 0.2) is 53.9 Å². The van der Waals surface area contributed by atoms with E-state index in [9.17, 15) is 10.1 Å². The van der Waals surface area contributed by atoms with E-state index in [1.807, 2.05) is 35.7 Å². The summed E-state index contributed by atoms with van der Waals surface area (Å²) >= 11 is 1.46. The molecular formula is C19H11N3OS. The first kappa shape index (κ1) is 15.5. The first-order valence-electron chi connectivity index (χ1n) is 7.06. The Balaban J connectivity index is 2.02. The van der Waals surface area contributed by atoms with Crippen LogP contribution in [0.4, 0.5) is 0 Å². The summed E-state index contributed by atoms with van der Waals surface area (Å²) in [7, 11) is 0. The standard InChI is InChI=1S/C19H11N3OS/c20-10-12-1-6-16(15(9-12)11-21)13-2-4-14(5-3-13)18-17(19(22)23)7-8-24-18/h1-9H,(H2,22,23). The Labute approximate surface area is 143 Å². The predicted octanol–water partition coefficient (Wildman–Crippen LogP) is 3.92. The summed E-state index contributed by atoms with van der Waals surface area (Å²) in [6.07, 6.45) is 0. The molecule has 0 saturated heterocycles. The van der Waals surface area contributed by atoms with Gasteiger partial charge >= 0.3 is 0 Å². The Morgan fingerprint density at radius 3 is 2.29 bits per heavy atom. The maximum atomic E-state index is 11.5. The van der Waals surface area contributed by atoms with Gasteiger partial charge in [-0.05, 0) is 40.3 Å². The maximum absolute atomic E-state index is 11.5. The molecule has 1 aromatic heterocycles. The third-order valence-electron chi connectivity index (χ3n) is 3.66. The molecule has 0 atom stereocenters. The molecule has 2 N–H and O–H groups in total. The van der Waals surface area contributed by atoms with Gasteiger partial charge in [-0.15, -0.1) is 11.3 Å². The van der Waals surface area contributed by atoms with E-state index in [1.54, 1.807) is 24.3 Å². The number of nitrogens with two attached hydrogens (primary N) is 1. The summed E-state index contributed by atoms with van der Waals surface area (Å²) in [6, 6.07) is 18.5. The van der Waals surface area contributed by atoms with Crippen molar-refractivity contribution in [1.82, 2.24) is 0 Å². The highest BCUT2D eigenvalue weighted by molar-refractivity contribution is 7.14. The number of hydrogen-bond acceptors (Lipinski definition) is 4. The van der Waals surface area contributed by atoms with Gasteiger partial charge in [-0.3, -0.25) is 4.79 Å². The third kappa shape index (κ3) is 2.77. The minimum absolute atomic E-state index is 0.450. The van der Waals surface area contributed by atoms with Crippen molar-refractivity contribution in [1.29, 1.82) is 10.5 Å². The molecule has 0 saturated carbocycles. The Morgan fingerprint density at radius 2 is 1.67 bits per heavy atom. The summed E-state index contributed by atoms with van der Waals surface area (Å²) in [5.74, 6) is -0.450. The van der Waals surface area contributed by atoms with Crippen LogP contribution < -0.4 is 5.73 Å². The lowest BCUT2D eigenvalue weighted by Crippen LogP contribution is -2.10. The predicted molar refractivity (Wildman–Crippen MR) is 93.1 cm³/mol. The largest absolute Gasteiger partial charge is 0.366 e. The highest BCUT2D eigenvalue weighted by Gasteiger charge is 2.12. The van der Waals surface area contributed by atoms with E-state index in [0.29, 0.717) is 16.7 Å². The zero-order valence-electron chi connectivity index (χ0n) is 12.5. The van der Waals surface area contributed by atoms with Crippen LogP contribution in [0.3, 0.4) is 0 Å². The topological polar surface area (TPSA) is 90.7 Å². The van der Waals surface area contributed by atoms with Crippen molar-refractivity contribution in [2.75, 3.05) is 0 Å². The van der Waals surface area contributed by atoms with Crippen molar-refractivity contribution in [3.05, 3.63) is 70.6 Å². The highest BCUT2D eigenvalue weighted by atomic mass is 32.1. The van der Waals surface area contributed by atoms with E-state index < -0.39 is 5.91 Å². The van der Waals surface area contributed by atoms with Crippen LogP contribution in [0.2, 0.25) is 0 Å². The average Bonchev–Trinajstić information content (AvgIpc) is 3.11. The van der Waals surface area contributed by atoms with Gasteiger partial charge in [0, 0.05) is 4.88 Å². The van der Waals surface area contributed by atoms with Crippen LogP contribution in [0, 0.1) is 22.7 Å². The summed E-state index contributed by atoms with van der Waals surface area (Å²) in [4.78, 5) is 12.3. The highest BCUT2D eigenvalue weighted by Crippen LogP contribution is 2.32. The Morgan fingerprint density at radius 1 is 0.958 bits per heavy atom. The molecule has 2 aromatic carbocycles. The molecule has 1 amide bonds. The molecule has 114 valence electrons. The number of nitrogens with zero attached hydrogens (tertiary/aromatic N) is 2. The average molecular weight is 329 g/mol. The normalized spacial score (nSPS) is 9.92. The number of nitriles is 2. The number of hydrogen-bond donors (Lipinski definition) is 1. The van der Waals surface area contributed by atoms with Crippen LogP contribution in [-0.2, 0) is 0 Å². The van der Waals surface area contributed by atoms with Crippen LogP contribution in [0.1, 0.15) is 21.5 Å². The lowest BCUT2D eigenvalue weighted by molar-refractivity contribution is 0.100. The Bertz CT molecular complexity index is 1000. The fourth-order valence-corrected chi connectivity index (χ4v) is 3.39. The van der Waals surface area contributed by atoms with E-state index in [0.717, 1.165) is 21.6 Å². The van der Waals surface area contributed by atoms with Crippen LogP contribution in [-0.4, -0.2) is 5.91 Å². The van der Waals surface area contributed by atoms with Gasteiger partial charge in [0.05, 0.1) is 28.8 Å². The smallest absolute Gasteiger partial charge is 0.250 e. The first-order chi connectivity index (χ1) is 11.6. The van der Waals surface area contributed by atoms with Crippen molar-refractivity contribution in [3.63, 3.8) is 0 Å². The lowest BCUT2D eigenvalue weighted by Gasteiger charge is -2.07. The van der Waals surface area contributed by atoms with E-state index in [4.69, 9.17) is 11.0 Å². The Hall–Kier alpha value is -3.41. The summed E-state index contributed by atoms with van der Waals surface area (Å²) in [5.41, 5.74) is 9.34. The minimum Gasteiger partial charge on any atom is -0.366 e. The molecule has 3 rings (SSSR count). The van der Waals surface area contributed by atoms with Crippen LogP contribution in [0.5, 0.6) is 0 Å². The van der Waals surface area contributed by atoms with Crippen LogP contribution in [0.25, 0.3) is 21.6 Å². The molecular weight excluding hydrogens is 318 g/mol. The summed E-state index contributed by atoms with van der Waals surface area (Å²) in [6.45, 7) is 0. The molecule has 0 aliphatic heterocycles. The molecule has 3 aromatic rings. The third-order valence-corrected chi connectivity index (χ3v) is 4.62. The summed E-state index contributed by atoms with van der Waals surface area (Å²) in [5, 5.41) is 20.1. The van der Waals surface area contributed by atoms with Gasteiger partial charge in [-0.25, -0.2) is 0 Å². The quantitative estimate of drug-likeness (QED) is 0.789. The number of rotatable bonds is 3. The number of thiophene rings is 1. The van der Waals surface area contributed by atoms with Crippen molar-refractivity contribution >= 4 is 17.2 Å². The van der Waals surface area contributed by atoms with E-state index in [2.05, 4.69) is 6.07 Å². The molecule has 4 nitrogen and oxygen atoms in total. The maximum Gasteiger partial charge on any atom is 0.250 e. The number of benzene rings is 2. The first-order valence-corrected chi connectivity index (χ1v) is 7.94. The molecule has 0 fully saturated rings. The van der Waals surface area contributed by atoms with Gasteiger partial charge in [0.15, 0.2) is 0 Å². The fraction of sp³-hybridized carbons (Fsp3) is 0. The molecule has 0 radical (unpaired) electrons. The molecule has 0 aliphatic carbocycles. The summed E-state index contributed by atoms with van der Waals surface area (Å²) < 4.78 is 0. The van der Waals surface area contributed by atoms with Crippen molar-refractivity contribution in [2.24, 2.45) is 5.73 Å². The van der Waals surface area contributed by atoms with Gasteiger partial charge < -0.3 is 5.73 Å². The van der Waals surface area contributed by atoms with Crippen molar-refractivity contribution in [2.45, 2.75) is 0 Å². The number of amides is 1. The van der Waals surface area contributed by atoms with E-state index >= 15 is 0 Å². The zero-order valence-corrected chi connectivity index (χ0v) is 13.3. The molecule has 0 bridgehead atoms. The van der Waals surface area contributed by atoms with Crippen molar-refractivity contribution in [3.8, 4) is 33.7 Å². The fourth-order valence-electron chi connectivity index (χ4n) is 2.49. The number of carbonyl (C=O) groups excluding carboxylic acids is 1. The van der Waals surface area contributed by atoms with E-state index in [-0.39, 0.29) is 0 Å². The molecule has 0 unspecified atom stereocenters. The zero-order chi connectivity index (χ0) is 17.1. The van der Waals surface area contributed by atoms with Crippen molar-refractivity contribution < 1.29 is 4.79 Å². The molecule has 0 aliphatic rings.